The number of rotatable bonds is 12. The van der Waals surface area contributed by atoms with Crippen LogP contribution < -0.4 is 0 Å². The van der Waals surface area contributed by atoms with Crippen LogP contribution in [-0.2, 0) is 29.7 Å². The van der Waals surface area contributed by atoms with Crippen LogP contribution in [0.25, 0.3) is 0 Å². The van der Waals surface area contributed by atoms with Gasteiger partial charge in [0, 0.05) is 0 Å². The topological polar surface area (TPSA) is 74.2 Å². The molecule has 0 aliphatic carbocycles. The number of aliphatic hydroxyl groups excluding tert-OH is 1. The van der Waals surface area contributed by atoms with Gasteiger partial charge in [-0.05, 0) is 19.4 Å². The second-order valence-electron chi connectivity index (χ2n) is 4.61. The molecule has 0 fully saturated rings. The number of ether oxygens (including phenoxy) is 2. The summed E-state index contributed by atoms with van der Waals surface area (Å²) in [6, 6.07) is 9.39. The number of aliphatic hydroxyl groups is 1. The third-order valence-corrected chi connectivity index (χ3v) is 4.65. The second-order valence-corrected chi connectivity index (χ2v) is 6.61. The van der Waals surface area contributed by atoms with Gasteiger partial charge in [0.25, 0.3) is 0 Å². The van der Waals surface area contributed by atoms with Gasteiger partial charge in [-0.25, -0.2) is 4.39 Å². The van der Waals surface area contributed by atoms with E-state index in [9.17, 15) is 14.1 Å². The first kappa shape index (κ1) is 20.2. The van der Waals surface area contributed by atoms with Crippen LogP contribution in [0.2, 0.25) is 0 Å². The molecule has 1 rings (SSSR count). The van der Waals surface area contributed by atoms with Crippen molar-refractivity contribution in [3.63, 3.8) is 0 Å². The highest BCUT2D eigenvalue weighted by Gasteiger charge is 2.38. The van der Waals surface area contributed by atoms with Crippen LogP contribution in [0.15, 0.2) is 30.3 Å². The lowest BCUT2D eigenvalue weighted by Gasteiger charge is -2.24. The summed E-state index contributed by atoms with van der Waals surface area (Å²) in [5.74, 6) is 0. The molecule has 0 heterocycles. The normalized spacial score (nSPS) is 14.6. The highest BCUT2D eigenvalue weighted by Crippen LogP contribution is 2.54. The Labute approximate surface area is 136 Å². The fourth-order valence-electron chi connectivity index (χ4n) is 1.77. The van der Waals surface area contributed by atoms with Crippen molar-refractivity contribution in [2.75, 3.05) is 26.4 Å². The predicted molar refractivity (Wildman–Crippen MR) is 83.8 cm³/mol. The average Bonchev–Trinajstić information content (AvgIpc) is 2.55. The van der Waals surface area contributed by atoms with Gasteiger partial charge in [0.05, 0.1) is 33.0 Å². The van der Waals surface area contributed by atoms with E-state index in [1.807, 2.05) is 30.3 Å². The van der Waals surface area contributed by atoms with E-state index in [0.717, 1.165) is 5.56 Å². The summed E-state index contributed by atoms with van der Waals surface area (Å²) in [5, 5.41) is 9.25. The van der Waals surface area contributed by atoms with Crippen LogP contribution in [0.5, 0.6) is 0 Å². The molecule has 2 atom stereocenters. The van der Waals surface area contributed by atoms with Crippen LogP contribution in [0.3, 0.4) is 0 Å². The Bertz CT molecular complexity index is 462. The molecule has 8 heteroatoms. The van der Waals surface area contributed by atoms with Crippen molar-refractivity contribution in [3.8, 4) is 0 Å². The van der Waals surface area contributed by atoms with Gasteiger partial charge in [-0.3, -0.25) is 4.57 Å². The molecule has 0 aromatic heterocycles. The van der Waals surface area contributed by atoms with Gasteiger partial charge in [0.15, 0.2) is 0 Å². The number of hydrogen-bond acceptors (Lipinski definition) is 6. The number of alkyl halides is 1. The lowest BCUT2D eigenvalue weighted by Crippen LogP contribution is -2.28. The van der Waals surface area contributed by atoms with Gasteiger partial charge in [0.1, 0.15) is 6.10 Å². The third kappa shape index (κ3) is 7.08. The highest BCUT2D eigenvalue weighted by molar-refractivity contribution is 7.54. The molecule has 0 saturated heterocycles. The van der Waals surface area contributed by atoms with Gasteiger partial charge in [-0.15, -0.1) is 0 Å². The molecule has 1 aromatic carbocycles. The largest absolute Gasteiger partial charge is 0.394 e. The minimum atomic E-state index is -4.02. The lowest BCUT2D eigenvalue weighted by molar-refractivity contribution is -0.104. The summed E-state index contributed by atoms with van der Waals surface area (Å²) in [7, 11) is -4.02. The maximum Gasteiger partial charge on any atom is 0.391 e. The van der Waals surface area contributed by atoms with Crippen molar-refractivity contribution >= 4 is 7.60 Å². The molecule has 2 unspecified atom stereocenters. The van der Waals surface area contributed by atoms with Crippen molar-refractivity contribution in [2.45, 2.75) is 32.7 Å². The van der Waals surface area contributed by atoms with Crippen LogP contribution >= 0.6 is 7.60 Å². The Morgan fingerprint density at radius 1 is 1.17 bits per heavy atom. The Balaban J connectivity index is 2.49. The first-order valence-corrected chi connectivity index (χ1v) is 9.07. The van der Waals surface area contributed by atoms with E-state index in [0.29, 0.717) is 6.61 Å². The van der Waals surface area contributed by atoms with E-state index in [1.165, 1.54) is 0 Å². The summed E-state index contributed by atoms with van der Waals surface area (Å²) >= 11 is 0. The van der Waals surface area contributed by atoms with Gasteiger partial charge in [0.2, 0.25) is 0 Å². The van der Waals surface area contributed by atoms with Crippen molar-refractivity contribution in [1.82, 2.24) is 0 Å². The Hall–Kier alpha value is -0.820. The van der Waals surface area contributed by atoms with Crippen LogP contribution in [-0.4, -0.2) is 43.7 Å². The molecule has 1 aromatic rings. The maximum absolute atomic E-state index is 14.1. The molecular weight excluding hydrogens is 326 g/mol. The molecule has 132 valence electrons. The molecule has 0 radical (unpaired) electrons. The van der Waals surface area contributed by atoms with Crippen molar-refractivity contribution in [1.29, 1.82) is 0 Å². The maximum atomic E-state index is 14.1. The Kier molecular flexibility index (Phi) is 9.55. The standard InChI is InChI=1S/C15H24FO6P/c1-3-20-23(18,21-4-2)15(16)22-14(10-17)12-19-11-13-8-6-5-7-9-13/h5-9,14-15,17H,3-4,10-12H2,1-2H3. The molecular formula is C15H24FO6P. The molecule has 0 spiro atoms. The van der Waals surface area contributed by atoms with E-state index < -0.39 is 26.4 Å². The van der Waals surface area contributed by atoms with Crippen LogP contribution in [0, 0.1) is 0 Å². The first-order valence-electron chi connectivity index (χ1n) is 7.46. The van der Waals surface area contributed by atoms with Gasteiger partial charge >= 0.3 is 13.7 Å². The fraction of sp³-hybridized carbons (Fsp3) is 0.600. The summed E-state index contributed by atoms with van der Waals surface area (Å²) in [6.07, 6.45) is -3.25. The molecule has 0 saturated carbocycles. The number of hydrogen-bond donors (Lipinski definition) is 1. The molecule has 0 amide bonds. The third-order valence-electron chi connectivity index (χ3n) is 2.79. The first-order chi connectivity index (χ1) is 11.1. The quantitative estimate of drug-likeness (QED) is 0.584. The second kappa shape index (κ2) is 10.9. The number of benzene rings is 1. The molecule has 23 heavy (non-hydrogen) atoms. The van der Waals surface area contributed by atoms with E-state index in [4.69, 9.17) is 18.5 Å². The van der Waals surface area contributed by atoms with Gasteiger partial charge in [-0.2, -0.15) is 0 Å². The summed E-state index contributed by atoms with van der Waals surface area (Å²) in [5.41, 5.74) is 0.940. The smallest absolute Gasteiger partial charge is 0.391 e. The highest BCUT2D eigenvalue weighted by atomic mass is 31.2. The molecule has 0 aliphatic rings. The zero-order valence-corrected chi connectivity index (χ0v) is 14.3. The average molecular weight is 350 g/mol. The monoisotopic (exact) mass is 350 g/mol. The molecule has 0 bridgehead atoms. The minimum Gasteiger partial charge on any atom is -0.394 e. The van der Waals surface area contributed by atoms with Gasteiger partial charge in [-0.1, -0.05) is 30.3 Å². The van der Waals surface area contributed by atoms with E-state index >= 15 is 0 Å². The fourth-order valence-corrected chi connectivity index (χ4v) is 3.12. The zero-order valence-electron chi connectivity index (χ0n) is 13.4. The lowest BCUT2D eigenvalue weighted by atomic mass is 10.2. The van der Waals surface area contributed by atoms with E-state index in [1.54, 1.807) is 13.8 Å². The summed E-state index contributed by atoms with van der Waals surface area (Å²) < 4.78 is 46.4. The van der Waals surface area contributed by atoms with Crippen molar-refractivity contribution in [3.05, 3.63) is 35.9 Å². The van der Waals surface area contributed by atoms with Gasteiger partial charge < -0.3 is 23.6 Å². The van der Waals surface area contributed by atoms with Crippen LogP contribution in [0.1, 0.15) is 19.4 Å². The molecule has 6 nitrogen and oxygen atoms in total. The number of halogens is 1. The predicted octanol–water partition coefficient (Wildman–Crippen LogP) is 3.10. The molecule has 0 aliphatic heterocycles. The summed E-state index contributed by atoms with van der Waals surface area (Å²) in [6.45, 7) is 2.96. The van der Waals surface area contributed by atoms with E-state index in [2.05, 4.69) is 0 Å². The Morgan fingerprint density at radius 2 is 1.78 bits per heavy atom. The molecule has 1 N–H and O–H groups in total. The van der Waals surface area contributed by atoms with E-state index in [-0.39, 0.29) is 19.8 Å². The minimum absolute atomic E-state index is 0.0232. The SMILES string of the molecule is CCOP(=O)(OCC)C(F)OC(CO)COCc1ccccc1. The zero-order chi connectivity index (χ0) is 17.1. The summed E-state index contributed by atoms with van der Waals surface area (Å²) in [4.78, 5) is 0. The van der Waals surface area contributed by atoms with Crippen molar-refractivity contribution in [2.24, 2.45) is 0 Å². The van der Waals surface area contributed by atoms with Crippen LogP contribution in [0.4, 0.5) is 4.39 Å². The van der Waals surface area contributed by atoms with Crippen molar-refractivity contribution < 1.29 is 32.6 Å². The Morgan fingerprint density at radius 3 is 2.30 bits per heavy atom.